The Kier molecular flexibility index (Phi) is 4.93. The third kappa shape index (κ3) is 4.18. The third-order valence-corrected chi connectivity index (χ3v) is 9.52. The molecule has 0 aromatic rings. The lowest BCUT2D eigenvalue weighted by Gasteiger charge is -2.37. The van der Waals surface area contributed by atoms with Crippen LogP contribution in [0.5, 0.6) is 0 Å². The van der Waals surface area contributed by atoms with E-state index < -0.39 is 36.9 Å². The molecule has 0 aromatic heterocycles. The van der Waals surface area contributed by atoms with Gasteiger partial charge in [0.2, 0.25) is 0 Å². The van der Waals surface area contributed by atoms with Crippen molar-refractivity contribution in [1.82, 2.24) is 0 Å². The summed E-state index contributed by atoms with van der Waals surface area (Å²) in [6.45, 7) is 11.2. The Balaban J connectivity index is 2.02. The number of hydrogen-bond donors (Lipinski definition) is 0. The normalized spacial score (nSPS) is 32.5. The molecule has 2 rings (SSSR count). The molecule has 0 unspecified atom stereocenters. The molecule has 8 heteroatoms. The molecule has 128 valence electrons. The van der Waals surface area contributed by atoms with E-state index in [1.807, 2.05) is 0 Å². The zero-order valence-electron chi connectivity index (χ0n) is 14.0. The molecule has 2 aliphatic heterocycles. The van der Waals surface area contributed by atoms with Gasteiger partial charge in [-0.1, -0.05) is 26.8 Å². The Hall–Kier alpha value is -0.253. The summed E-state index contributed by atoms with van der Waals surface area (Å²) in [5, 5.41) is 0.0997. The molecule has 1 saturated heterocycles. The predicted octanol–water partition coefficient (Wildman–Crippen LogP) is 2.03. The van der Waals surface area contributed by atoms with Gasteiger partial charge in [0.1, 0.15) is 18.3 Å². The number of ether oxygens (including phenoxy) is 2. The minimum absolute atomic E-state index is 0.0997. The van der Waals surface area contributed by atoms with Gasteiger partial charge in [0, 0.05) is 0 Å². The molecule has 0 amide bonds. The molecule has 22 heavy (non-hydrogen) atoms. The van der Waals surface area contributed by atoms with Crippen molar-refractivity contribution in [2.24, 2.45) is 0 Å². The van der Waals surface area contributed by atoms with Crippen molar-refractivity contribution in [3.05, 3.63) is 12.2 Å². The van der Waals surface area contributed by atoms with Crippen LogP contribution in [0.25, 0.3) is 0 Å². The second kappa shape index (κ2) is 5.99. The van der Waals surface area contributed by atoms with E-state index in [1.165, 1.54) is 0 Å². The highest BCUT2D eigenvalue weighted by Crippen LogP contribution is 2.38. The van der Waals surface area contributed by atoms with E-state index in [2.05, 4.69) is 33.9 Å². The molecule has 1 fully saturated rings. The van der Waals surface area contributed by atoms with Gasteiger partial charge in [-0.2, -0.15) is 8.42 Å². The van der Waals surface area contributed by atoms with Crippen LogP contribution < -0.4 is 0 Å². The summed E-state index contributed by atoms with van der Waals surface area (Å²) in [5.41, 5.74) is 0. The molecule has 0 saturated carbocycles. The first-order chi connectivity index (χ1) is 9.89. The molecule has 2 bridgehead atoms. The lowest BCUT2D eigenvalue weighted by Crippen LogP contribution is -2.46. The number of rotatable bonds is 5. The summed E-state index contributed by atoms with van der Waals surface area (Å²) >= 11 is 0. The predicted molar refractivity (Wildman–Crippen MR) is 85.5 cm³/mol. The lowest BCUT2D eigenvalue weighted by atomic mass is 10.1. The standard InChI is InChI=1S/C14H26O6SSi/c1-14(2,3)22(5,6)17-9-11-13-10(20-21(4,15)16)7-8-12(18-11)19-13/h7-8,10-13H,9H2,1-6H3/t10-,11+,12-,13+/m1/s1. The van der Waals surface area contributed by atoms with Crippen molar-refractivity contribution in [1.29, 1.82) is 0 Å². The van der Waals surface area contributed by atoms with E-state index in [0.717, 1.165) is 6.26 Å². The lowest BCUT2D eigenvalue weighted by molar-refractivity contribution is -0.0503. The monoisotopic (exact) mass is 350 g/mol. The van der Waals surface area contributed by atoms with Crippen LogP contribution in [-0.4, -0.2) is 54.2 Å². The van der Waals surface area contributed by atoms with Gasteiger partial charge < -0.3 is 13.9 Å². The molecule has 0 radical (unpaired) electrons. The van der Waals surface area contributed by atoms with E-state index in [1.54, 1.807) is 12.2 Å². The Morgan fingerprint density at radius 2 is 1.82 bits per heavy atom. The van der Waals surface area contributed by atoms with Gasteiger partial charge in [-0.25, -0.2) is 0 Å². The van der Waals surface area contributed by atoms with Gasteiger partial charge in [-0.15, -0.1) is 0 Å². The molecule has 4 atom stereocenters. The molecule has 0 N–H and O–H groups in total. The van der Waals surface area contributed by atoms with Crippen LogP contribution in [0, 0.1) is 0 Å². The van der Waals surface area contributed by atoms with Crippen molar-refractivity contribution in [3.63, 3.8) is 0 Å². The highest BCUT2D eigenvalue weighted by Gasteiger charge is 2.46. The van der Waals surface area contributed by atoms with Gasteiger partial charge in [-0.3, -0.25) is 4.18 Å². The van der Waals surface area contributed by atoms with Gasteiger partial charge in [0.25, 0.3) is 10.1 Å². The quantitative estimate of drug-likeness (QED) is 0.429. The molecular weight excluding hydrogens is 324 g/mol. The average Bonchev–Trinajstić information content (AvgIpc) is 2.66. The summed E-state index contributed by atoms with van der Waals surface area (Å²) < 4.78 is 45.4. The molecular formula is C14H26O6SSi. The summed E-state index contributed by atoms with van der Waals surface area (Å²) in [4.78, 5) is 0. The van der Waals surface area contributed by atoms with Crippen molar-refractivity contribution in [3.8, 4) is 0 Å². The van der Waals surface area contributed by atoms with Crippen LogP contribution >= 0.6 is 0 Å². The van der Waals surface area contributed by atoms with E-state index in [0.29, 0.717) is 6.61 Å². The Bertz CT molecular complexity index is 536. The van der Waals surface area contributed by atoms with Gasteiger partial charge in [0.05, 0.1) is 12.9 Å². The highest BCUT2D eigenvalue weighted by atomic mass is 32.2. The fourth-order valence-corrected chi connectivity index (χ4v) is 3.73. The zero-order valence-corrected chi connectivity index (χ0v) is 15.8. The first kappa shape index (κ1) is 18.1. The van der Waals surface area contributed by atoms with Crippen molar-refractivity contribution >= 4 is 18.4 Å². The smallest absolute Gasteiger partial charge is 0.265 e. The maximum Gasteiger partial charge on any atom is 0.265 e. The summed E-state index contributed by atoms with van der Waals surface area (Å²) in [6, 6.07) is 0. The van der Waals surface area contributed by atoms with E-state index in [-0.39, 0.29) is 11.1 Å². The Morgan fingerprint density at radius 1 is 1.18 bits per heavy atom. The van der Waals surface area contributed by atoms with Gasteiger partial charge >= 0.3 is 0 Å². The van der Waals surface area contributed by atoms with E-state index in [9.17, 15) is 8.42 Å². The fraction of sp³-hybridized carbons (Fsp3) is 0.857. The highest BCUT2D eigenvalue weighted by molar-refractivity contribution is 7.86. The van der Waals surface area contributed by atoms with E-state index >= 15 is 0 Å². The zero-order chi connectivity index (χ0) is 16.8. The maximum absolute atomic E-state index is 11.4. The van der Waals surface area contributed by atoms with Crippen LogP contribution in [0.4, 0.5) is 0 Å². The third-order valence-electron chi connectivity index (χ3n) is 4.45. The Labute approximate surface area is 134 Å². The van der Waals surface area contributed by atoms with Crippen LogP contribution in [0.15, 0.2) is 12.2 Å². The number of hydrogen-bond acceptors (Lipinski definition) is 6. The fourth-order valence-electron chi connectivity index (χ4n) is 2.14. The molecule has 2 heterocycles. The van der Waals surface area contributed by atoms with Crippen molar-refractivity contribution in [2.75, 3.05) is 12.9 Å². The van der Waals surface area contributed by atoms with Crippen molar-refractivity contribution in [2.45, 2.75) is 63.5 Å². The van der Waals surface area contributed by atoms with Crippen LogP contribution in [-0.2, 0) is 28.2 Å². The minimum atomic E-state index is -3.56. The van der Waals surface area contributed by atoms with E-state index in [4.69, 9.17) is 18.1 Å². The first-order valence-electron chi connectivity index (χ1n) is 7.40. The van der Waals surface area contributed by atoms with Crippen LogP contribution in [0.1, 0.15) is 20.8 Å². The molecule has 2 aliphatic rings. The van der Waals surface area contributed by atoms with Crippen molar-refractivity contribution < 1.29 is 26.5 Å². The number of fused-ring (bicyclic) bond motifs is 2. The molecule has 6 nitrogen and oxygen atoms in total. The SMILES string of the molecule is CC(C)(C)[Si](C)(C)OC[C@@H]1O[C@H]2C=C[C@@H](OS(C)(=O)=O)[C@@H]1O2. The topological polar surface area (TPSA) is 71.1 Å². The largest absolute Gasteiger partial charge is 0.414 e. The first-order valence-corrected chi connectivity index (χ1v) is 12.1. The molecule has 0 aliphatic carbocycles. The second-order valence-electron chi connectivity index (χ2n) is 7.36. The summed E-state index contributed by atoms with van der Waals surface area (Å²) in [6.07, 6.45) is 2.49. The minimum Gasteiger partial charge on any atom is -0.414 e. The van der Waals surface area contributed by atoms with Gasteiger partial charge in [-0.05, 0) is 24.2 Å². The van der Waals surface area contributed by atoms with Crippen LogP contribution in [0.3, 0.4) is 0 Å². The van der Waals surface area contributed by atoms with Gasteiger partial charge in [0.15, 0.2) is 14.6 Å². The van der Waals surface area contributed by atoms with Crippen LogP contribution in [0.2, 0.25) is 18.1 Å². The molecule has 0 aromatic carbocycles. The maximum atomic E-state index is 11.4. The Morgan fingerprint density at radius 3 is 2.36 bits per heavy atom. The summed E-state index contributed by atoms with van der Waals surface area (Å²) in [5.74, 6) is 0. The molecule has 0 spiro atoms. The summed E-state index contributed by atoms with van der Waals surface area (Å²) in [7, 11) is -5.46. The second-order valence-corrected chi connectivity index (χ2v) is 13.8. The average molecular weight is 351 g/mol.